The fraction of sp³-hybridized carbons (Fsp3) is 0.290. The molecule has 1 N–H and O–H groups in total. The Kier molecular flexibility index (Phi) is 7.19. The SMILES string of the molecule is COc1cc(CCN2C(=O)c3cc4ccccc4n3C[C@]2(C)C(=O)NCc2ccccc2)cc(OC)c1OC. The van der Waals surface area contributed by atoms with E-state index in [4.69, 9.17) is 14.2 Å². The summed E-state index contributed by atoms with van der Waals surface area (Å²) in [5.74, 6) is 1.21. The fourth-order valence-electron chi connectivity index (χ4n) is 5.35. The normalized spacial score (nSPS) is 16.6. The number of nitrogens with zero attached hydrogens (tertiary/aromatic N) is 2. The van der Waals surface area contributed by atoms with Gasteiger partial charge in [0.1, 0.15) is 11.2 Å². The van der Waals surface area contributed by atoms with E-state index in [0.717, 1.165) is 22.0 Å². The van der Waals surface area contributed by atoms with Crippen molar-refractivity contribution < 1.29 is 23.8 Å². The second-order valence-corrected chi connectivity index (χ2v) is 9.86. The Morgan fingerprint density at radius 3 is 2.23 bits per heavy atom. The quantitative estimate of drug-likeness (QED) is 0.348. The number of rotatable bonds is 9. The minimum atomic E-state index is -1.11. The molecule has 0 radical (unpaired) electrons. The lowest BCUT2D eigenvalue weighted by Crippen LogP contribution is -2.64. The van der Waals surface area contributed by atoms with Gasteiger partial charge in [0.25, 0.3) is 5.91 Å². The monoisotopic (exact) mass is 527 g/mol. The molecule has 3 aromatic carbocycles. The van der Waals surface area contributed by atoms with Crippen LogP contribution in [0.15, 0.2) is 72.8 Å². The van der Waals surface area contributed by atoms with Crippen molar-refractivity contribution in [1.29, 1.82) is 0 Å². The largest absolute Gasteiger partial charge is 0.493 e. The highest BCUT2D eigenvalue weighted by atomic mass is 16.5. The van der Waals surface area contributed by atoms with Crippen molar-refractivity contribution in [3.63, 3.8) is 0 Å². The molecule has 1 aliphatic rings. The van der Waals surface area contributed by atoms with Crippen LogP contribution in [0, 0.1) is 0 Å². The van der Waals surface area contributed by atoms with Crippen LogP contribution in [0.3, 0.4) is 0 Å². The zero-order valence-electron chi connectivity index (χ0n) is 22.7. The third-order valence-electron chi connectivity index (χ3n) is 7.47. The number of benzene rings is 3. The Labute approximate surface area is 228 Å². The molecule has 202 valence electrons. The second kappa shape index (κ2) is 10.7. The summed E-state index contributed by atoms with van der Waals surface area (Å²) in [5, 5.41) is 4.05. The summed E-state index contributed by atoms with van der Waals surface area (Å²) < 4.78 is 18.4. The molecule has 8 nitrogen and oxygen atoms in total. The number of hydrogen-bond acceptors (Lipinski definition) is 5. The number of carbonyl (C=O) groups excluding carboxylic acids is 2. The number of methoxy groups -OCH3 is 3. The molecule has 5 rings (SSSR count). The van der Waals surface area contributed by atoms with Crippen molar-refractivity contribution >= 4 is 22.7 Å². The lowest BCUT2D eigenvalue weighted by atomic mass is 9.93. The summed E-state index contributed by atoms with van der Waals surface area (Å²) in [6.07, 6.45) is 0.490. The van der Waals surface area contributed by atoms with Crippen LogP contribution in [0.1, 0.15) is 28.5 Å². The molecule has 0 saturated heterocycles. The van der Waals surface area contributed by atoms with Crippen molar-refractivity contribution in [1.82, 2.24) is 14.8 Å². The summed E-state index contributed by atoms with van der Waals surface area (Å²) >= 11 is 0. The highest BCUT2D eigenvalue weighted by molar-refractivity contribution is 6.03. The third kappa shape index (κ3) is 4.78. The molecule has 1 aromatic heterocycles. The first-order chi connectivity index (χ1) is 18.9. The Balaban J connectivity index is 1.49. The highest BCUT2D eigenvalue weighted by Gasteiger charge is 2.47. The second-order valence-electron chi connectivity index (χ2n) is 9.86. The maximum atomic E-state index is 14.0. The number of ether oxygens (including phenoxy) is 3. The van der Waals surface area contributed by atoms with Gasteiger partial charge in [-0.3, -0.25) is 9.59 Å². The zero-order chi connectivity index (χ0) is 27.6. The maximum absolute atomic E-state index is 14.0. The first kappa shape index (κ1) is 26.2. The Hall–Kier alpha value is -4.46. The van der Waals surface area contributed by atoms with Gasteiger partial charge in [0.15, 0.2) is 11.5 Å². The van der Waals surface area contributed by atoms with Crippen LogP contribution < -0.4 is 19.5 Å². The summed E-state index contributed by atoms with van der Waals surface area (Å²) in [6.45, 7) is 2.90. The van der Waals surface area contributed by atoms with Gasteiger partial charge in [-0.1, -0.05) is 48.5 Å². The van der Waals surface area contributed by atoms with Crippen molar-refractivity contribution in [3.05, 3.63) is 89.6 Å². The van der Waals surface area contributed by atoms with Gasteiger partial charge >= 0.3 is 0 Å². The molecule has 0 spiro atoms. The maximum Gasteiger partial charge on any atom is 0.271 e. The fourth-order valence-corrected chi connectivity index (χ4v) is 5.35. The van der Waals surface area contributed by atoms with Crippen LogP contribution in [0.4, 0.5) is 0 Å². The number of amides is 2. The van der Waals surface area contributed by atoms with Gasteiger partial charge in [0.2, 0.25) is 11.7 Å². The molecule has 1 atom stereocenters. The predicted molar refractivity (Wildman–Crippen MR) is 149 cm³/mol. The first-order valence-electron chi connectivity index (χ1n) is 12.9. The lowest BCUT2D eigenvalue weighted by Gasteiger charge is -2.44. The van der Waals surface area contributed by atoms with Gasteiger partial charge in [-0.05, 0) is 48.7 Å². The van der Waals surface area contributed by atoms with Crippen LogP contribution in [0.2, 0.25) is 0 Å². The molecule has 2 amide bonds. The first-order valence-corrected chi connectivity index (χ1v) is 12.9. The van der Waals surface area contributed by atoms with E-state index < -0.39 is 5.54 Å². The topological polar surface area (TPSA) is 82.0 Å². The number of hydrogen-bond donors (Lipinski definition) is 1. The molecule has 2 heterocycles. The summed E-state index contributed by atoms with van der Waals surface area (Å²) in [5.41, 5.74) is 2.30. The van der Waals surface area contributed by atoms with E-state index in [2.05, 4.69) is 5.32 Å². The van der Waals surface area contributed by atoms with Gasteiger partial charge in [-0.25, -0.2) is 0 Å². The number of carbonyl (C=O) groups is 2. The van der Waals surface area contributed by atoms with Crippen LogP contribution in [0.5, 0.6) is 17.2 Å². The molecule has 0 saturated carbocycles. The van der Waals surface area contributed by atoms with Gasteiger partial charge in [0, 0.05) is 24.0 Å². The Bertz CT molecular complexity index is 1490. The van der Waals surface area contributed by atoms with Gasteiger partial charge in [0.05, 0.1) is 27.9 Å². The smallest absolute Gasteiger partial charge is 0.271 e. The molecule has 39 heavy (non-hydrogen) atoms. The molecular formula is C31H33N3O5. The number of fused-ring (bicyclic) bond motifs is 3. The average molecular weight is 528 g/mol. The lowest BCUT2D eigenvalue weighted by molar-refractivity contribution is -0.133. The van der Waals surface area contributed by atoms with E-state index in [0.29, 0.717) is 49.0 Å². The number of para-hydroxylation sites is 1. The molecule has 0 fully saturated rings. The summed E-state index contributed by atoms with van der Waals surface area (Å²) in [6, 6.07) is 23.3. The minimum Gasteiger partial charge on any atom is -0.493 e. The molecule has 4 aromatic rings. The Morgan fingerprint density at radius 2 is 1.56 bits per heavy atom. The molecule has 0 unspecified atom stereocenters. The third-order valence-corrected chi connectivity index (χ3v) is 7.47. The van der Waals surface area contributed by atoms with Crippen LogP contribution in [-0.2, 0) is 24.3 Å². The predicted octanol–water partition coefficient (Wildman–Crippen LogP) is 4.44. The number of nitrogens with one attached hydrogen (secondary N) is 1. The van der Waals surface area contributed by atoms with Crippen molar-refractivity contribution in [3.8, 4) is 17.2 Å². The molecular weight excluding hydrogens is 494 g/mol. The van der Waals surface area contributed by atoms with Crippen molar-refractivity contribution in [2.75, 3.05) is 27.9 Å². The van der Waals surface area contributed by atoms with E-state index >= 15 is 0 Å². The highest BCUT2D eigenvalue weighted by Crippen LogP contribution is 2.39. The van der Waals surface area contributed by atoms with Gasteiger partial charge in [-0.15, -0.1) is 0 Å². The zero-order valence-corrected chi connectivity index (χ0v) is 22.7. The van der Waals surface area contributed by atoms with Crippen LogP contribution in [-0.4, -0.2) is 54.7 Å². The number of aromatic nitrogens is 1. The molecule has 0 bridgehead atoms. The van der Waals surface area contributed by atoms with E-state index in [1.807, 2.05) is 84.3 Å². The van der Waals surface area contributed by atoms with E-state index in [-0.39, 0.29) is 11.8 Å². The Morgan fingerprint density at radius 1 is 0.897 bits per heavy atom. The standard InChI is InChI=1S/C31H33N3O5/c1-31(30(36)32-19-21-10-6-5-7-11-21)20-33-24-13-9-8-12-23(24)18-25(33)29(35)34(31)15-14-22-16-26(37-2)28(39-4)27(17-22)38-3/h5-13,16-18H,14-15,19-20H2,1-4H3,(H,32,36)/t31-/m1/s1. The van der Waals surface area contributed by atoms with Crippen molar-refractivity contribution in [2.45, 2.75) is 32.0 Å². The van der Waals surface area contributed by atoms with Crippen LogP contribution >= 0.6 is 0 Å². The summed E-state index contributed by atoms with van der Waals surface area (Å²) in [7, 11) is 4.70. The van der Waals surface area contributed by atoms with Crippen molar-refractivity contribution in [2.24, 2.45) is 0 Å². The van der Waals surface area contributed by atoms with E-state index in [9.17, 15) is 9.59 Å². The van der Waals surface area contributed by atoms with Gasteiger partial charge < -0.3 is 29.0 Å². The summed E-state index contributed by atoms with van der Waals surface area (Å²) in [4.78, 5) is 29.5. The molecule has 1 aliphatic heterocycles. The van der Waals surface area contributed by atoms with E-state index in [1.165, 1.54) is 0 Å². The average Bonchev–Trinajstić information content (AvgIpc) is 3.34. The minimum absolute atomic E-state index is 0.178. The van der Waals surface area contributed by atoms with Crippen LogP contribution in [0.25, 0.3) is 10.9 Å². The van der Waals surface area contributed by atoms with E-state index in [1.54, 1.807) is 26.2 Å². The van der Waals surface area contributed by atoms with Gasteiger partial charge in [-0.2, -0.15) is 0 Å². The molecule has 8 heteroatoms. The molecule has 0 aliphatic carbocycles.